The predicted molar refractivity (Wildman–Crippen MR) is 90.7 cm³/mol. The average Bonchev–Trinajstić information content (AvgIpc) is 2.61. The molecule has 2 aromatic rings. The van der Waals surface area contributed by atoms with Gasteiger partial charge in [-0.15, -0.1) is 0 Å². The van der Waals surface area contributed by atoms with Gasteiger partial charge in [-0.25, -0.2) is 14.8 Å². The maximum Gasteiger partial charge on any atom is 0.339 e. The molecule has 0 amide bonds. The number of rotatable bonds is 4. The lowest BCUT2D eigenvalue weighted by Gasteiger charge is -2.32. The van der Waals surface area contributed by atoms with E-state index in [2.05, 4.69) is 26.8 Å². The minimum absolute atomic E-state index is 0.0670. The summed E-state index contributed by atoms with van der Waals surface area (Å²) in [6.45, 7) is 3.48. The highest BCUT2D eigenvalue weighted by atomic mass is 16.5. The zero-order valence-corrected chi connectivity index (χ0v) is 13.8. The van der Waals surface area contributed by atoms with Gasteiger partial charge in [0.2, 0.25) is 5.95 Å². The van der Waals surface area contributed by atoms with E-state index in [0.717, 1.165) is 26.2 Å². The fraction of sp³-hybridized carbons (Fsp3) is 0.353. The molecule has 1 fully saturated rings. The van der Waals surface area contributed by atoms with Crippen LogP contribution < -0.4 is 9.64 Å². The lowest BCUT2D eigenvalue weighted by molar-refractivity contribution is 0.0697. The number of hydrogen-bond donors (Lipinski definition) is 1. The predicted octanol–water partition coefficient (Wildman–Crippen LogP) is 1.60. The van der Waals surface area contributed by atoms with Crippen LogP contribution in [0.1, 0.15) is 10.4 Å². The largest absolute Gasteiger partial charge is 0.496 e. The van der Waals surface area contributed by atoms with Gasteiger partial charge in [0.1, 0.15) is 11.3 Å². The minimum Gasteiger partial charge on any atom is -0.496 e. The van der Waals surface area contributed by atoms with E-state index in [-0.39, 0.29) is 5.56 Å². The molecule has 0 spiro atoms. The van der Waals surface area contributed by atoms with Gasteiger partial charge in [-0.3, -0.25) is 0 Å². The molecule has 0 bridgehead atoms. The summed E-state index contributed by atoms with van der Waals surface area (Å²) in [7, 11) is 3.63. The molecule has 0 aliphatic carbocycles. The van der Waals surface area contributed by atoms with Crippen molar-refractivity contribution in [1.82, 2.24) is 14.9 Å². The summed E-state index contributed by atoms with van der Waals surface area (Å²) in [5.41, 5.74) is 1.09. The molecule has 3 rings (SSSR count). The molecule has 0 atom stereocenters. The molecule has 1 aromatic heterocycles. The van der Waals surface area contributed by atoms with Crippen molar-refractivity contribution >= 4 is 11.9 Å². The SMILES string of the molecule is COc1ccccc1-c1nc(N2CCN(C)CC2)ncc1C(=O)O. The summed E-state index contributed by atoms with van der Waals surface area (Å²) in [6.07, 6.45) is 1.38. The summed E-state index contributed by atoms with van der Waals surface area (Å²) < 4.78 is 5.36. The molecule has 126 valence electrons. The number of ether oxygens (including phenoxy) is 1. The van der Waals surface area contributed by atoms with Crippen molar-refractivity contribution in [2.45, 2.75) is 0 Å². The molecule has 0 radical (unpaired) electrons. The number of aromatic carboxylic acids is 1. The zero-order valence-electron chi connectivity index (χ0n) is 13.8. The first-order valence-electron chi connectivity index (χ1n) is 7.77. The molecule has 7 nitrogen and oxygen atoms in total. The van der Waals surface area contributed by atoms with E-state index >= 15 is 0 Å². The van der Waals surface area contributed by atoms with Gasteiger partial charge in [0.05, 0.1) is 12.8 Å². The zero-order chi connectivity index (χ0) is 17.1. The van der Waals surface area contributed by atoms with Crippen LogP contribution in [0.15, 0.2) is 30.5 Å². The van der Waals surface area contributed by atoms with Crippen molar-refractivity contribution in [2.75, 3.05) is 45.2 Å². The molecule has 1 N–H and O–H groups in total. The summed E-state index contributed by atoms with van der Waals surface area (Å²) in [5, 5.41) is 9.49. The smallest absolute Gasteiger partial charge is 0.339 e. The van der Waals surface area contributed by atoms with Gasteiger partial charge in [-0.05, 0) is 19.2 Å². The highest BCUT2D eigenvalue weighted by molar-refractivity contribution is 5.95. The van der Waals surface area contributed by atoms with Crippen LogP contribution >= 0.6 is 0 Å². The number of aromatic nitrogens is 2. The van der Waals surface area contributed by atoms with Crippen molar-refractivity contribution in [3.05, 3.63) is 36.0 Å². The highest BCUT2D eigenvalue weighted by Crippen LogP contribution is 2.31. The molecule has 1 aliphatic heterocycles. The Bertz CT molecular complexity index is 742. The van der Waals surface area contributed by atoms with Crippen molar-refractivity contribution in [2.24, 2.45) is 0 Å². The van der Waals surface area contributed by atoms with Gasteiger partial charge in [-0.2, -0.15) is 0 Å². The van der Waals surface area contributed by atoms with E-state index in [4.69, 9.17) is 4.74 Å². The molecule has 0 unspecified atom stereocenters. The standard InChI is InChI=1S/C17H20N4O3/c1-20-7-9-21(10-8-20)17-18-11-13(16(22)23)15(19-17)12-5-3-4-6-14(12)24-2/h3-6,11H,7-10H2,1-2H3,(H,22,23). The van der Waals surface area contributed by atoms with E-state index in [0.29, 0.717) is 23.0 Å². The van der Waals surface area contributed by atoms with Gasteiger partial charge in [0.15, 0.2) is 0 Å². The van der Waals surface area contributed by atoms with E-state index in [9.17, 15) is 9.90 Å². The molecule has 1 aliphatic rings. The monoisotopic (exact) mass is 328 g/mol. The van der Waals surface area contributed by atoms with Crippen molar-refractivity contribution in [1.29, 1.82) is 0 Å². The Kier molecular flexibility index (Phi) is 4.61. The fourth-order valence-corrected chi connectivity index (χ4v) is 2.73. The maximum absolute atomic E-state index is 11.6. The lowest BCUT2D eigenvalue weighted by Crippen LogP contribution is -2.45. The Morgan fingerprint density at radius 3 is 2.58 bits per heavy atom. The van der Waals surface area contributed by atoms with E-state index < -0.39 is 5.97 Å². The summed E-state index contributed by atoms with van der Waals surface area (Å²) in [4.78, 5) is 24.7. The van der Waals surface area contributed by atoms with Crippen LogP contribution in [0.5, 0.6) is 5.75 Å². The quantitative estimate of drug-likeness (QED) is 0.913. The Morgan fingerprint density at radius 2 is 1.92 bits per heavy atom. The number of carboxylic acids is 1. The van der Waals surface area contributed by atoms with Crippen molar-refractivity contribution in [3.8, 4) is 17.0 Å². The van der Waals surface area contributed by atoms with E-state index in [1.807, 2.05) is 12.1 Å². The molecule has 1 saturated heterocycles. The number of anilines is 1. The molecule has 0 saturated carbocycles. The Morgan fingerprint density at radius 1 is 1.21 bits per heavy atom. The second-order valence-corrected chi connectivity index (χ2v) is 5.73. The highest BCUT2D eigenvalue weighted by Gasteiger charge is 2.22. The second-order valence-electron chi connectivity index (χ2n) is 5.73. The van der Waals surface area contributed by atoms with Crippen LogP contribution in [0.4, 0.5) is 5.95 Å². The summed E-state index contributed by atoms with van der Waals surface area (Å²) in [6, 6.07) is 7.27. The third-order valence-corrected chi connectivity index (χ3v) is 4.15. The van der Waals surface area contributed by atoms with Gasteiger partial charge in [0.25, 0.3) is 0 Å². The second kappa shape index (κ2) is 6.84. The van der Waals surface area contributed by atoms with Crippen molar-refractivity contribution < 1.29 is 14.6 Å². The maximum atomic E-state index is 11.6. The molecule has 24 heavy (non-hydrogen) atoms. The number of para-hydroxylation sites is 1. The first kappa shape index (κ1) is 16.2. The third-order valence-electron chi connectivity index (χ3n) is 4.15. The topological polar surface area (TPSA) is 78.8 Å². The average molecular weight is 328 g/mol. The van der Waals surface area contributed by atoms with Gasteiger partial charge in [0, 0.05) is 37.9 Å². The van der Waals surface area contributed by atoms with Crippen LogP contribution in [0.25, 0.3) is 11.3 Å². The molecular weight excluding hydrogens is 308 g/mol. The molecule has 7 heteroatoms. The lowest BCUT2D eigenvalue weighted by atomic mass is 10.1. The molecule has 2 heterocycles. The van der Waals surface area contributed by atoms with E-state index in [1.54, 1.807) is 19.2 Å². The minimum atomic E-state index is -1.05. The number of hydrogen-bond acceptors (Lipinski definition) is 6. The normalized spacial score (nSPS) is 15.3. The van der Waals surface area contributed by atoms with Crippen LogP contribution in [0.2, 0.25) is 0 Å². The first-order chi connectivity index (χ1) is 11.6. The number of piperazine rings is 1. The van der Waals surface area contributed by atoms with Crippen molar-refractivity contribution in [3.63, 3.8) is 0 Å². The van der Waals surface area contributed by atoms with E-state index in [1.165, 1.54) is 6.20 Å². The van der Waals surface area contributed by atoms with Crippen LogP contribution in [0, 0.1) is 0 Å². The summed E-state index contributed by atoms with van der Waals surface area (Å²) in [5.74, 6) is 0.0814. The first-order valence-corrected chi connectivity index (χ1v) is 7.77. The van der Waals surface area contributed by atoms with Gasteiger partial charge < -0.3 is 19.6 Å². The number of methoxy groups -OCH3 is 1. The Hall–Kier alpha value is -2.67. The number of nitrogens with zero attached hydrogens (tertiary/aromatic N) is 4. The molecule has 1 aromatic carbocycles. The third kappa shape index (κ3) is 3.16. The summed E-state index contributed by atoms with van der Waals surface area (Å²) >= 11 is 0. The fourth-order valence-electron chi connectivity index (χ4n) is 2.73. The Labute approximate surface area is 140 Å². The number of likely N-dealkylation sites (N-methyl/N-ethyl adjacent to an activating group) is 1. The number of benzene rings is 1. The van der Waals surface area contributed by atoms with Crippen LogP contribution in [-0.4, -0.2) is 66.3 Å². The molecular formula is C17H20N4O3. The number of carbonyl (C=O) groups is 1. The van der Waals surface area contributed by atoms with Crippen LogP contribution in [0.3, 0.4) is 0 Å². The van der Waals surface area contributed by atoms with Gasteiger partial charge in [-0.1, -0.05) is 12.1 Å². The van der Waals surface area contributed by atoms with Gasteiger partial charge >= 0.3 is 5.97 Å². The Balaban J connectivity index is 2.05. The van der Waals surface area contributed by atoms with Crippen LogP contribution in [-0.2, 0) is 0 Å². The number of carboxylic acid groups (broad SMARTS) is 1.